The van der Waals surface area contributed by atoms with E-state index < -0.39 is 23.8 Å². The summed E-state index contributed by atoms with van der Waals surface area (Å²) in [6.07, 6.45) is 1.54. The van der Waals surface area contributed by atoms with Gasteiger partial charge in [-0.1, -0.05) is 10.3 Å². The van der Waals surface area contributed by atoms with E-state index in [1.807, 2.05) is 0 Å². The van der Waals surface area contributed by atoms with Gasteiger partial charge in [-0.15, -0.1) is 0 Å². The zero-order chi connectivity index (χ0) is 54.5. The molecule has 2 fully saturated rings. The van der Waals surface area contributed by atoms with Gasteiger partial charge in [-0.05, 0) is 147 Å². The van der Waals surface area contributed by atoms with Gasteiger partial charge < -0.3 is 72.3 Å². The number of benzene rings is 6. The van der Waals surface area contributed by atoms with E-state index in [2.05, 4.69) is 10.3 Å². The van der Waals surface area contributed by atoms with E-state index >= 15 is 0 Å². The normalized spacial score (nSPS) is 14.1. The van der Waals surface area contributed by atoms with Crippen molar-refractivity contribution in [1.82, 2.24) is 9.80 Å². The Bertz CT molecular complexity index is 2990. The van der Waals surface area contributed by atoms with Gasteiger partial charge in [0.2, 0.25) is 0 Å². The summed E-state index contributed by atoms with van der Waals surface area (Å²) in [5.41, 5.74) is 25.0. The van der Waals surface area contributed by atoms with E-state index in [0.717, 1.165) is 0 Å². The maximum atomic E-state index is 13.4. The average molecular weight is 1040 g/mol. The lowest BCUT2D eigenvalue weighted by molar-refractivity contribution is -0.144. The number of hydrogen-bond acceptors (Lipinski definition) is 14. The predicted molar refractivity (Wildman–Crippen MR) is 279 cm³/mol. The predicted octanol–water partition coefficient (Wildman–Crippen LogP) is 7.17. The maximum absolute atomic E-state index is 13.4. The number of amidine groups is 4. The summed E-state index contributed by atoms with van der Waals surface area (Å²) in [6, 6.07) is 35.9. The summed E-state index contributed by atoms with van der Waals surface area (Å²) in [5.74, 6) is -0.170. The van der Waals surface area contributed by atoms with Gasteiger partial charge in [-0.3, -0.25) is 30.0 Å². The summed E-state index contributed by atoms with van der Waals surface area (Å²) in [6.45, 7) is 1.33. The van der Waals surface area contributed by atoms with Crippen LogP contribution in [0.4, 0.5) is 0 Å². The molecular weight excluding hydrogens is 981 g/mol. The molecule has 392 valence electrons. The van der Waals surface area contributed by atoms with Crippen LogP contribution in [0.5, 0.6) is 46.0 Å². The Kier molecular flexibility index (Phi) is 17.3. The second-order valence-corrected chi connectivity index (χ2v) is 17.5. The minimum Gasteiger partial charge on any atom is -0.481 e. The number of oxime groups is 2. The number of carboxylic acids is 2. The number of ether oxygens (including phenoxy) is 4. The summed E-state index contributed by atoms with van der Waals surface area (Å²) in [4.78, 5) is 52.5. The third-order valence-electron chi connectivity index (χ3n) is 12.3. The molecule has 2 saturated heterocycles. The number of carbonyl (C=O) groups excluding carboxylic acids is 2. The first-order chi connectivity index (χ1) is 36.5. The van der Waals surface area contributed by atoms with Gasteiger partial charge in [0.1, 0.15) is 57.7 Å². The average Bonchev–Trinajstić information content (AvgIpc) is 3.43. The van der Waals surface area contributed by atoms with Gasteiger partial charge >= 0.3 is 11.9 Å². The first-order valence-electron chi connectivity index (χ1n) is 23.6. The number of hydrogen-bond donors (Lipinski definition) is 10. The highest BCUT2D eigenvalue weighted by molar-refractivity contribution is 5.99. The molecule has 0 unspecified atom stereocenters. The first kappa shape index (κ1) is 53.7. The van der Waals surface area contributed by atoms with Crippen molar-refractivity contribution in [2.24, 2.45) is 45.1 Å². The van der Waals surface area contributed by atoms with E-state index in [9.17, 15) is 29.4 Å². The largest absolute Gasteiger partial charge is 0.481 e. The zero-order valence-corrected chi connectivity index (χ0v) is 40.7. The van der Waals surface area contributed by atoms with Crippen LogP contribution in [0.15, 0.2) is 144 Å². The highest BCUT2D eigenvalue weighted by Crippen LogP contribution is 2.34. The number of rotatable bonds is 16. The van der Waals surface area contributed by atoms with Crippen LogP contribution in [-0.4, -0.2) is 104 Å². The fourth-order valence-electron chi connectivity index (χ4n) is 8.10. The molecule has 0 aliphatic carbocycles. The standard InChI is InChI=1S/C27H27N5O7.C27H27N5O5/c28-24(30-36)16-1-5-20(6-2-16)38-22-13-19(26(33)32-11-9-18(10-12-32)27(34)35)14-23(15-22)39-21-7-3-17(4-8-21)25(29)31-37;28-24(29)16-1-5-20(6-2-16)36-22-13-19(26(33)32-11-9-18(10-12-32)27(34)35)14-23(15-22)37-21-7-3-17(4-8-21)25(30)31/h1-8,13-15,18,36-37H,9-12H2,(H2,28,30)(H2,29,31)(H,34,35);1-8,13-15,18H,9-12H2,(H3,28,29)(H3,30,31)(H,34,35). The third kappa shape index (κ3) is 14.1. The Morgan fingerprint density at radius 1 is 0.408 bits per heavy atom. The smallest absolute Gasteiger partial charge is 0.306 e. The molecular formula is C54H54N10O12. The van der Waals surface area contributed by atoms with E-state index in [4.69, 9.17) is 63.1 Å². The van der Waals surface area contributed by atoms with E-state index in [0.29, 0.717) is 131 Å². The number of nitrogens with one attached hydrogen (secondary N) is 2. The van der Waals surface area contributed by atoms with Crippen LogP contribution in [0.2, 0.25) is 0 Å². The van der Waals surface area contributed by atoms with Crippen LogP contribution in [0.3, 0.4) is 0 Å². The summed E-state index contributed by atoms with van der Waals surface area (Å²) < 4.78 is 23.9. The highest BCUT2D eigenvalue weighted by Gasteiger charge is 2.30. The molecule has 14 N–H and O–H groups in total. The van der Waals surface area contributed by atoms with Crippen LogP contribution in [-0.2, 0) is 9.59 Å². The molecule has 2 heterocycles. The SMILES string of the molecule is N=C(N)c1ccc(Oc2cc(Oc3ccc(C(=N)N)cc3)cc(C(=O)N3CCC(C(=O)O)CC3)c2)cc1.NC(=NO)c1ccc(Oc2cc(Oc3ccc(C(N)=NO)cc3)cc(C(=O)N3CCC(C(=O)O)CC3)c2)cc1. The van der Waals surface area contributed by atoms with Gasteiger partial charge in [-0.2, -0.15) is 0 Å². The molecule has 22 nitrogen and oxygen atoms in total. The molecule has 0 saturated carbocycles. The van der Waals surface area contributed by atoms with Gasteiger partial charge in [-0.25, -0.2) is 0 Å². The molecule has 2 amide bonds. The van der Waals surface area contributed by atoms with Crippen molar-refractivity contribution in [3.05, 3.63) is 167 Å². The van der Waals surface area contributed by atoms with Crippen molar-refractivity contribution < 1.29 is 58.8 Å². The minimum absolute atomic E-state index is 0.0467. The molecule has 0 atom stereocenters. The Morgan fingerprint density at radius 3 is 0.882 bits per heavy atom. The summed E-state index contributed by atoms with van der Waals surface area (Å²) >= 11 is 0. The Labute approximate surface area is 435 Å². The first-order valence-corrected chi connectivity index (χ1v) is 23.6. The fraction of sp³-hybridized carbons (Fsp3) is 0.185. The molecule has 0 bridgehead atoms. The van der Waals surface area contributed by atoms with Crippen molar-refractivity contribution in [1.29, 1.82) is 10.8 Å². The van der Waals surface area contributed by atoms with Crippen LogP contribution >= 0.6 is 0 Å². The second-order valence-electron chi connectivity index (χ2n) is 17.5. The van der Waals surface area contributed by atoms with Crippen LogP contribution in [0.1, 0.15) is 68.7 Å². The van der Waals surface area contributed by atoms with Crippen molar-refractivity contribution in [3.8, 4) is 46.0 Å². The quantitative estimate of drug-likeness (QED) is 0.0199. The molecule has 0 spiro atoms. The summed E-state index contributed by atoms with van der Waals surface area (Å²) in [5, 5.41) is 57.3. The summed E-state index contributed by atoms with van der Waals surface area (Å²) in [7, 11) is 0. The number of carboxylic acid groups (broad SMARTS) is 2. The van der Waals surface area contributed by atoms with E-state index in [1.165, 1.54) is 0 Å². The van der Waals surface area contributed by atoms with E-state index in [-0.39, 0.29) is 35.2 Å². The lowest BCUT2D eigenvalue weighted by atomic mass is 9.96. The number of carbonyl (C=O) groups is 4. The van der Waals surface area contributed by atoms with Crippen LogP contribution in [0, 0.1) is 22.7 Å². The Balaban J connectivity index is 0.000000221. The molecule has 76 heavy (non-hydrogen) atoms. The maximum Gasteiger partial charge on any atom is 0.306 e. The van der Waals surface area contributed by atoms with Gasteiger partial charge in [0, 0.05) is 71.7 Å². The number of nitrogen functional groups attached to an aromatic ring is 2. The Hall–Kier alpha value is -10.1. The topological polar surface area (TPSA) is 369 Å². The van der Waals surface area contributed by atoms with Crippen molar-refractivity contribution in [2.45, 2.75) is 25.7 Å². The number of amides is 2. The van der Waals surface area contributed by atoms with Crippen molar-refractivity contribution in [2.75, 3.05) is 26.2 Å². The molecule has 2 aliphatic heterocycles. The molecule has 6 aromatic carbocycles. The lowest BCUT2D eigenvalue weighted by Gasteiger charge is -2.30. The number of piperidine rings is 2. The fourth-order valence-corrected chi connectivity index (χ4v) is 8.10. The van der Waals surface area contributed by atoms with Gasteiger partial charge in [0.05, 0.1) is 11.8 Å². The minimum atomic E-state index is -0.857. The zero-order valence-electron chi connectivity index (χ0n) is 40.7. The van der Waals surface area contributed by atoms with Gasteiger partial charge in [0.25, 0.3) is 11.8 Å². The number of likely N-dealkylation sites (tertiary alicyclic amines) is 2. The molecule has 0 radical (unpaired) electrons. The lowest BCUT2D eigenvalue weighted by Crippen LogP contribution is -2.40. The molecule has 0 aromatic heterocycles. The Morgan fingerprint density at radius 2 is 0.658 bits per heavy atom. The van der Waals surface area contributed by atoms with Crippen LogP contribution < -0.4 is 41.9 Å². The number of aliphatic carboxylic acids is 2. The molecule has 22 heteroatoms. The number of nitrogens with zero attached hydrogens (tertiary/aromatic N) is 4. The van der Waals surface area contributed by atoms with Crippen molar-refractivity contribution in [3.63, 3.8) is 0 Å². The molecule has 6 aromatic rings. The highest BCUT2D eigenvalue weighted by atomic mass is 16.5. The van der Waals surface area contributed by atoms with Gasteiger partial charge in [0.15, 0.2) is 11.7 Å². The third-order valence-corrected chi connectivity index (χ3v) is 12.3. The second kappa shape index (κ2) is 24.5. The van der Waals surface area contributed by atoms with Crippen molar-refractivity contribution >= 4 is 47.1 Å². The van der Waals surface area contributed by atoms with E-state index in [1.54, 1.807) is 143 Å². The molecule has 8 rings (SSSR count). The monoisotopic (exact) mass is 1030 g/mol. The van der Waals surface area contributed by atoms with Crippen LogP contribution in [0.25, 0.3) is 0 Å². The number of nitrogens with two attached hydrogens (primary N) is 4. The molecule has 2 aliphatic rings.